The molecule has 2 unspecified atom stereocenters. The molecular weight excluding hydrogens is 1090 g/mol. The van der Waals surface area contributed by atoms with Crippen LogP contribution in [0.2, 0.25) is 5.02 Å². The minimum atomic E-state index is -1.05. The lowest BCUT2D eigenvalue weighted by Gasteiger charge is -2.63. The Bertz CT molecular complexity index is 2790. The summed E-state index contributed by atoms with van der Waals surface area (Å²) in [6, 6.07) is 16.5. The number of primary amides is 1. The Morgan fingerprint density at radius 1 is 0.762 bits per heavy atom. The van der Waals surface area contributed by atoms with E-state index in [1.165, 1.54) is 5.56 Å². The number of aromatic hydroxyl groups is 1. The second-order valence-corrected chi connectivity index (χ2v) is 24.9. The number of nitrogens with two attached hydrogens (primary N) is 1. The Kier molecular flexibility index (Phi) is 21.7. The number of carbonyl (C=O) groups is 6. The van der Waals surface area contributed by atoms with Gasteiger partial charge in [0.05, 0.1) is 17.1 Å². The van der Waals surface area contributed by atoms with Crippen molar-refractivity contribution >= 4 is 52.7 Å². The first kappa shape index (κ1) is 62.7. The van der Waals surface area contributed by atoms with Crippen LogP contribution in [-0.4, -0.2) is 177 Å². The summed E-state index contributed by atoms with van der Waals surface area (Å²) in [5.41, 5.74) is 9.08. The smallest absolute Gasteiger partial charge is 0.248 e. The highest BCUT2D eigenvalue weighted by Crippen LogP contribution is 2.65. The zero-order chi connectivity index (χ0) is 59.4. The molecule has 6 aliphatic rings. The number of aliphatic hydroxyl groups is 1. The number of piperidine rings is 3. The number of carbonyl (C=O) groups excluding carboxylic acids is 6. The van der Waals surface area contributed by atoms with E-state index in [-0.39, 0.29) is 73.7 Å². The van der Waals surface area contributed by atoms with Gasteiger partial charge in [-0.3, -0.25) is 28.8 Å². The van der Waals surface area contributed by atoms with E-state index in [0.717, 1.165) is 126 Å². The lowest BCUT2D eigenvalue weighted by Crippen LogP contribution is -2.77. The zero-order valence-electron chi connectivity index (χ0n) is 49.3. The fourth-order valence-corrected chi connectivity index (χ4v) is 14.5. The molecule has 7 N–H and O–H groups in total. The van der Waals surface area contributed by atoms with Gasteiger partial charge < -0.3 is 65.7 Å². The Balaban J connectivity index is 0.566. The average Bonchev–Trinajstić information content (AvgIpc) is 1.41. The fourth-order valence-electron chi connectivity index (χ4n) is 14.3. The van der Waals surface area contributed by atoms with Gasteiger partial charge in [-0.2, -0.15) is 0 Å². The molecule has 4 aliphatic heterocycles. The monoisotopic (exact) mass is 1180 g/mol. The number of nitrogens with one attached hydrogen (secondary N) is 3. The second-order valence-electron chi connectivity index (χ2n) is 24.5. The van der Waals surface area contributed by atoms with Crippen LogP contribution in [0.25, 0.3) is 0 Å². The number of rotatable bonds is 29. The van der Waals surface area contributed by atoms with Crippen LogP contribution in [-0.2, 0) is 51.7 Å². The maximum atomic E-state index is 14.2. The van der Waals surface area contributed by atoms with E-state index < -0.39 is 29.1 Å². The van der Waals surface area contributed by atoms with E-state index in [2.05, 4.69) is 25.8 Å². The van der Waals surface area contributed by atoms with Crippen LogP contribution in [0.4, 0.5) is 5.69 Å². The first-order valence-corrected chi connectivity index (χ1v) is 31.3. The van der Waals surface area contributed by atoms with Crippen LogP contribution in [0.15, 0.2) is 54.6 Å². The van der Waals surface area contributed by atoms with E-state index in [1.807, 2.05) is 55.3 Å². The van der Waals surface area contributed by atoms with Crippen molar-refractivity contribution in [2.24, 2.45) is 17.6 Å². The second kappa shape index (κ2) is 29.0. The highest BCUT2D eigenvalue weighted by atomic mass is 35.5. The molecule has 3 aromatic carbocycles. The third-order valence-electron chi connectivity index (χ3n) is 19.0. The molecule has 1 spiro atoms. The molecule has 20 heteroatoms. The van der Waals surface area contributed by atoms with E-state index >= 15 is 0 Å². The number of ether oxygens (including phenoxy) is 3. The Labute approximate surface area is 500 Å². The minimum absolute atomic E-state index is 0.0482. The van der Waals surface area contributed by atoms with E-state index in [4.69, 9.17) is 31.5 Å². The van der Waals surface area contributed by atoms with E-state index in [9.17, 15) is 39.0 Å². The summed E-state index contributed by atoms with van der Waals surface area (Å²) in [4.78, 5) is 85.1. The molecule has 5 atom stereocenters. The normalized spacial score (nSPS) is 23.1. The van der Waals surface area contributed by atoms with E-state index in [0.29, 0.717) is 93.5 Å². The van der Waals surface area contributed by atoms with Crippen molar-refractivity contribution in [1.29, 1.82) is 0 Å². The molecule has 4 heterocycles. The number of phenolic OH excluding ortho intramolecular Hbond substituents is 1. The quantitative estimate of drug-likeness (QED) is 0.0456. The van der Waals surface area contributed by atoms with Crippen molar-refractivity contribution in [2.75, 3.05) is 97.3 Å². The fraction of sp³-hybridized carbons (Fsp3) is 0.625. The average molecular weight is 1180 g/mol. The molecule has 2 bridgehead atoms. The molecular formula is C64H89ClN8O11. The van der Waals surface area contributed by atoms with Crippen LogP contribution >= 0.6 is 11.6 Å². The number of phenols is 1. The number of aryl methyl sites for hydroxylation is 1. The summed E-state index contributed by atoms with van der Waals surface area (Å²) in [6.07, 6.45) is 14.8. The van der Waals surface area contributed by atoms with Gasteiger partial charge in [-0.1, -0.05) is 74.4 Å². The van der Waals surface area contributed by atoms with Gasteiger partial charge in [0, 0.05) is 66.5 Å². The molecule has 3 saturated heterocycles. The van der Waals surface area contributed by atoms with Gasteiger partial charge >= 0.3 is 0 Å². The Morgan fingerprint density at radius 2 is 1.40 bits per heavy atom. The standard InChI is InChI=1S/C64H89ClN8O11/c1-43-12-18-49(38-50(43)65)73(30-11-29-71-31-21-45(22-32-71)36-44-13-15-46(16-14-44)61(66)79)62(80)47-23-33-72(34-24-47)57(78)42-83-40-55(76)68-28-10-8-6-4-3-5-7-9-27-67-54(75)39-82-41-56(77)69-51-20-25-64(81)53-37-48-17-19-52(74)59-58(48)63(64,60(51)84-59)26-35-70(53)2/h12-19,38,45,47,51,53,60,74,81H,3-11,20-37,39-42H2,1-2H3,(H2,66,79)(H,67,75)(H,68,76)(H,69,77)/t51-,53?,60?,63-,64+/m0/s1. The number of unbranched alkanes of at least 4 members (excludes halogenated alkanes) is 7. The van der Waals surface area contributed by atoms with Crippen molar-refractivity contribution in [3.8, 4) is 11.5 Å². The SMILES string of the molecule is Cc1ccc(N(CCCN2CCC(Cc3ccc(C(N)=O)cc3)CC2)C(=O)C2CCN(C(=O)COCC(=O)NCCCCCCCCCCNC(=O)COCC(=O)N[C@H]3CC[C@@]4(O)C5Cc6ccc(O)c7c6[C@@]4(CCN5C)C3O7)CC2)cc1Cl. The number of likely N-dealkylation sites (tertiary alicyclic amines) is 3. The van der Waals surface area contributed by atoms with Crippen LogP contribution in [0.1, 0.15) is 135 Å². The third-order valence-corrected chi connectivity index (χ3v) is 19.4. The van der Waals surface area contributed by atoms with Gasteiger partial charge in [-0.25, -0.2) is 0 Å². The molecule has 1 saturated carbocycles. The number of nitrogens with zero attached hydrogens (tertiary/aromatic N) is 4. The molecule has 84 heavy (non-hydrogen) atoms. The predicted octanol–water partition coefficient (Wildman–Crippen LogP) is 5.72. The number of likely N-dealkylation sites (N-methyl/N-ethyl adjacent to an activating group) is 1. The maximum absolute atomic E-state index is 14.2. The topological polar surface area (TPSA) is 246 Å². The zero-order valence-corrected chi connectivity index (χ0v) is 50.1. The predicted molar refractivity (Wildman–Crippen MR) is 320 cm³/mol. The lowest BCUT2D eigenvalue weighted by atomic mass is 9.48. The first-order valence-electron chi connectivity index (χ1n) is 30.9. The van der Waals surface area contributed by atoms with Crippen LogP contribution in [0, 0.1) is 18.8 Å². The van der Waals surface area contributed by atoms with Crippen molar-refractivity contribution in [3.63, 3.8) is 0 Å². The van der Waals surface area contributed by atoms with E-state index in [1.54, 1.807) is 23.1 Å². The molecule has 0 aromatic heterocycles. The number of hydrogen-bond donors (Lipinski definition) is 6. The summed E-state index contributed by atoms with van der Waals surface area (Å²) in [7, 11) is 2.05. The molecule has 19 nitrogen and oxygen atoms in total. The summed E-state index contributed by atoms with van der Waals surface area (Å²) in [5, 5.41) is 32.6. The highest BCUT2D eigenvalue weighted by molar-refractivity contribution is 6.31. The summed E-state index contributed by atoms with van der Waals surface area (Å²) in [6.45, 7) is 7.21. The Hall–Kier alpha value is -5.83. The van der Waals surface area contributed by atoms with Gasteiger partial charge in [-0.05, 0) is 170 Å². The highest BCUT2D eigenvalue weighted by Gasteiger charge is 2.72. The third kappa shape index (κ3) is 14.9. The van der Waals surface area contributed by atoms with Crippen LogP contribution < -0.4 is 31.3 Å². The van der Waals surface area contributed by atoms with Crippen molar-refractivity contribution < 1.29 is 53.2 Å². The molecule has 3 aromatic rings. The van der Waals surface area contributed by atoms with Gasteiger partial charge in [0.2, 0.25) is 35.4 Å². The van der Waals surface area contributed by atoms with Gasteiger partial charge in [0.15, 0.2) is 11.5 Å². The molecule has 0 radical (unpaired) electrons. The van der Waals surface area contributed by atoms with Crippen LogP contribution in [0.3, 0.4) is 0 Å². The largest absolute Gasteiger partial charge is 0.504 e. The van der Waals surface area contributed by atoms with Gasteiger partial charge in [-0.15, -0.1) is 0 Å². The van der Waals surface area contributed by atoms with Gasteiger partial charge in [0.25, 0.3) is 0 Å². The van der Waals surface area contributed by atoms with Crippen molar-refractivity contribution in [2.45, 2.75) is 152 Å². The van der Waals surface area contributed by atoms with Crippen LogP contribution in [0.5, 0.6) is 11.5 Å². The molecule has 2 aliphatic carbocycles. The Morgan fingerprint density at radius 3 is 2.06 bits per heavy atom. The molecule has 458 valence electrons. The van der Waals surface area contributed by atoms with Crippen molar-refractivity contribution in [3.05, 3.63) is 87.4 Å². The van der Waals surface area contributed by atoms with Gasteiger partial charge in [0.1, 0.15) is 32.5 Å². The maximum Gasteiger partial charge on any atom is 0.248 e. The number of anilines is 1. The summed E-state index contributed by atoms with van der Waals surface area (Å²) in [5.74, 6) is -0.626. The first-order chi connectivity index (χ1) is 40.5. The summed E-state index contributed by atoms with van der Waals surface area (Å²) >= 11 is 6.57. The summed E-state index contributed by atoms with van der Waals surface area (Å²) < 4.78 is 17.5. The number of halogens is 1. The number of amides is 6. The molecule has 9 rings (SSSR count). The minimum Gasteiger partial charge on any atom is -0.504 e. The molecule has 4 fully saturated rings. The number of hydrogen-bond acceptors (Lipinski definition) is 13. The van der Waals surface area contributed by atoms with Crippen molar-refractivity contribution in [1.82, 2.24) is 30.7 Å². The molecule has 6 amide bonds. The number of benzene rings is 3. The lowest BCUT2D eigenvalue weighted by molar-refractivity contribution is -0.187.